The molecule has 0 bridgehead atoms. The number of aromatic nitrogens is 2. The first kappa shape index (κ1) is 19.0. The number of piperidine rings is 1. The van der Waals surface area contributed by atoms with Crippen molar-refractivity contribution in [1.82, 2.24) is 19.2 Å². The number of rotatable bonds is 3. The second-order valence-electron chi connectivity index (χ2n) is 6.25. The number of sulfonamides is 1. The first-order valence-corrected chi connectivity index (χ1v) is 9.18. The lowest BCUT2D eigenvalue weighted by Crippen LogP contribution is -2.50. The number of nitrogens with one attached hydrogen (secondary N) is 2. The highest BCUT2D eigenvalue weighted by molar-refractivity contribution is 7.89. The molecule has 2 heterocycles. The summed E-state index contributed by atoms with van der Waals surface area (Å²) in [5, 5.41) is 3.21. The van der Waals surface area contributed by atoms with Crippen molar-refractivity contribution in [2.24, 2.45) is 20.0 Å². The first-order chi connectivity index (χ1) is 10.8. The van der Waals surface area contributed by atoms with Crippen LogP contribution < -0.4 is 15.7 Å². The van der Waals surface area contributed by atoms with Gasteiger partial charge in [0, 0.05) is 26.7 Å². The van der Waals surface area contributed by atoms with Crippen LogP contribution in [-0.2, 0) is 24.1 Å². The number of fused-ring (bicyclic) bond motifs is 1. The fourth-order valence-corrected chi connectivity index (χ4v) is 4.43. The maximum atomic E-state index is 12.7. The predicted molar refractivity (Wildman–Crippen MR) is 96.2 cm³/mol. The summed E-state index contributed by atoms with van der Waals surface area (Å²) >= 11 is 0. The van der Waals surface area contributed by atoms with Gasteiger partial charge in [0.2, 0.25) is 10.0 Å². The summed E-state index contributed by atoms with van der Waals surface area (Å²) in [5.74, 6) is 0.288. The van der Waals surface area contributed by atoms with Crippen LogP contribution >= 0.6 is 12.4 Å². The maximum absolute atomic E-state index is 12.7. The third-order valence-electron chi connectivity index (χ3n) is 4.69. The van der Waals surface area contributed by atoms with Gasteiger partial charge in [0.05, 0.1) is 15.9 Å². The molecule has 0 amide bonds. The average molecular weight is 375 g/mol. The minimum absolute atomic E-state index is 0. The lowest BCUT2D eigenvalue weighted by Gasteiger charge is -2.29. The number of hydrogen-bond donors (Lipinski definition) is 2. The molecule has 2 unspecified atom stereocenters. The molecule has 1 saturated heterocycles. The minimum Gasteiger partial charge on any atom is -0.315 e. The Labute approximate surface area is 147 Å². The molecule has 1 aromatic heterocycles. The third-order valence-corrected chi connectivity index (χ3v) is 6.18. The summed E-state index contributed by atoms with van der Waals surface area (Å²) in [6.45, 7) is 3.60. The van der Waals surface area contributed by atoms with Gasteiger partial charge in [-0.3, -0.25) is 9.13 Å². The highest BCUT2D eigenvalue weighted by Crippen LogP contribution is 2.20. The summed E-state index contributed by atoms with van der Waals surface area (Å²) in [6.07, 6.45) is 0.944. The highest BCUT2D eigenvalue weighted by atomic mass is 35.5. The Morgan fingerprint density at radius 3 is 2.54 bits per heavy atom. The SMILES string of the molecule is CC1CCNCC1NS(=O)(=O)c1ccc2c(c1)n(C)c(=O)n2C.Cl. The van der Waals surface area contributed by atoms with Crippen LogP contribution in [0, 0.1) is 5.92 Å². The van der Waals surface area contributed by atoms with E-state index in [9.17, 15) is 13.2 Å². The summed E-state index contributed by atoms with van der Waals surface area (Å²) < 4.78 is 31.1. The highest BCUT2D eigenvalue weighted by Gasteiger charge is 2.27. The molecule has 0 saturated carbocycles. The van der Waals surface area contributed by atoms with E-state index >= 15 is 0 Å². The minimum atomic E-state index is -3.62. The van der Waals surface area contributed by atoms with Gasteiger partial charge >= 0.3 is 5.69 Å². The van der Waals surface area contributed by atoms with Crippen molar-refractivity contribution >= 4 is 33.5 Å². The van der Waals surface area contributed by atoms with E-state index in [4.69, 9.17) is 0 Å². The largest absolute Gasteiger partial charge is 0.328 e. The fraction of sp³-hybridized carbons (Fsp3) is 0.533. The Morgan fingerprint density at radius 1 is 1.21 bits per heavy atom. The van der Waals surface area contributed by atoms with Crippen molar-refractivity contribution in [3.05, 3.63) is 28.7 Å². The molecule has 0 radical (unpaired) electrons. The number of halogens is 1. The summed E-state index contributed by atoms with van der Waals surface area (Å²) in [7, 11) is -0.306. The Hall–Kier alpha value is -1.35. The van der Waals surface area contributed by atoms with Gasteiger partial charge in [0.15, 0.2) is 0 Å². The molecule has 0 spiro atoms. The molecule has 3 rings (SSSR count). The van der Waals surface area contributed by atoms with E-state index in [1.165, 1.54) is 9.13 Å². The van der Waals surface area contributed by atoms with Gasteiger partial charge in [-0.15, -0.1) is 12.4 Å². The molecule has 2 atom stereocenters. The molecule has 1 aromatic carbocycles. The fourth-order valence-electron chi connectivity index (χ4n) is 3.07. The van der Waals surface area contributed by atoms with Gasteiger partial charge in [0.1, 0.15) is 0 Å². The molecule has 1 aliphatic rings. The molecule has 134 valence electrons. The van der Waals surface area contributed by atoms with Crippen molar-refractivity contribution in [2.75, 3.05) is 13.1 Å². The van der Waals surface area contributed by atoms with Gasteiger partial charge in [-0.25, -0.2) is 17.9 Å². The Kier molecular flexibility index (Phi) is 5.44. The van der Waals surface area contributed by atoms with Crippen LogP contribution in [0.25, 0.3) is 11.0 Å². The number of nitrogens with zero attached hydrogens (tertiary/aromatic N) is 2. The number of benzene rings is 1. The Balaban J connectivity index is 0.00000208. The molecule has 7 nitrogen and oxygen atoms in total. The van der Waals surface area contributed by atoms with E-state index in [0.717, 1.165) is 13.0 Å². The smallest absolute Gasteiger partial charge is 0.315 e. The van der Waals surface area contributed by atoms with E-state index in [0.29, 0.717) is 17.6 Å². The summed E-state index contributed by atoms with van der Waals surface area (Å²) in [5.41, 5.74) is 1.15. The monoisotopic (exact) mass is 374 g/mol. The van der Waals surface area contributed by atoms with Crippen LogP contribution in [0.1, 0.15) is 13.3 Å². The van der Waals surface area contributed by atoms with Crippen molar-refractivity contribution in [3.63, 3.8) is 0 Å². The molecule has 2 aromatic rings. The zero-order valence-corrected chi connectivity index (χ0v) is 15.6. The van der Waals surface area contributed by atoms with Crippen molar-refractivity contribution in [3.8, 4) is 0 Å². The zero-order valence-electron chi connectivity index (χ0n) is 13.9. The van der Waals surface area contributed by atoms with Crippen LogP contribution in [0.15, 0.2) is 27.9 Å². The van der Waals surface area contributed by atoms with Crippen LogP contribution in [0.5, 0.6) is 0 Å². The van der Waals surface area contributed by atoms with Crippen molar-refractivity contribution in [1.29, 1.82) is 0 Å². The van der Waals surface area contributed by atoms with E-state index in [-0.39, 0.29) is 35.0 Å². The molecular weight excluding hydrogens is 352 g/mol. The van der Waals surface area contributed by atoms with Gasteiger partial charge < -0.3 is 5.32 Å². The Morgan fingerprint density at radius 2 is 1.88 bits per heavy atom. The van der Waals surface area contributed by atoms with Gasteiger partial charge in [0.25, 0.3) is 0 Å². The Bertz CT molecular complexity index is 903. The molecular formula is C15H23ClN4O3S. The second-order valence-corrected chi connectivity index (χ2v) is 7.96. The van der Waals surface area contributed by atoms with Crippen LogP contribution in [0.3, 0.4) is 0 Å². The number of hydrogen-bond acceptors (Lipinski definition) is 4. The van der Waals surface area contributed by atoms with Gasteiger partial charge in [-0.1, -0.05) is 6.92 Å². The van der Waals surface area contributed by atoms with Gasteiger partial charge in [-0.05, 0) is 37.1 Å². The lowest BCUT2D eigenvalue weighted by molar-refractivity contribution is 0.327. The van der Waals surface area contributed by atoms with E-state index < -0.39 is 10.0 Å². The van der Waals surface area contributed by atoms with Crippen molar-refractivity contribution in [2.45, 2.75) is 24.3 Å². The van der Waals surface area contributed by atoms with Crippen LogP contribution in [0.4, 0.5) is 0 Å². The van der Waals surface area contributed by atoms with E-state index in [2.05, 4.69) is 17.0 Å². The van der Waals surface area contributed by atoms with Crippen molar-refractivity contribution < 1.29 is 8.42 Å². The molecule has 2 N–H and O–H groups in total. The molecule has 1 fully saturated rings. The van der Waals surface area contributed by atoms with Crippen LogP contribution in [-0.4, -0.2) is 36.7 Å². The quantitative estimate of drug-likeness (QED) is 0.822. The first-order valence-electron chi connectivity index (χ1n) is 7.70. The normalized spacial score (nSPS) is 21.6. The topological polar surface area (TPSA) is 85.1 Å². The number of aryl methyl sites for hydroxylation is 2. The molecule has 9 heteroatoms. The summed E-state index contributed by atoms with van der Waals surface area (Å²) in [6, 6.07) is 4.66. The molecule has 24 heavy (non-hydrogen) atoms. The third kappa shape index (κ3) is 3.23. The predicted octanol–water partition coefficient (Wildman–Crippen LogP) is 0.575. The summed E-state index contributed by atoms with van der Waals surface area (Å²) in [4.78, 5) is 12.1. The maximum Gasteiger partial charge on any atom is 0.328 e. The molecule has 0 aliphatic carbocycles. The zero-order chi connectivity index (χ0) is 16.8. The number of imidazole rings is 1. The standard InChI is InChI=1S/C15H22N4O3S.ClH/c1-10-6-7-16-9-12(10)17-23(21,22)11-4-5-13-14(8-11)19(3)15(20)18(13)2;/h4-5,8,10,12,16-17H,6-7,9H2,1-3H3;1H. The van der Waals surface area contributed by atoms with Gasteiger partial charge in [-0.2, -0.15) is 0 Å². The van der Waals surface area contributed by atoms with Crippen LogP contribution in [0.2, 0.25) is 0 Å². The lowest BCUT2D eigenvalue weighted by atomic mass is 9.96. The second kappa shape index (κ2) is 6.87. The van der Waals surface area contributed by atoms with E-state index in [1.54, 1.807) is 32.3 Å². The average Bonchev–Trinajstić information content (AvgIpc) is 2.74. The molecule has 1 aliphatic heterocycles. The van der Waals surface area contributed by atoms with E-state index in [1.807, 2.05) is 0 Å².